The van der Waals surface area contributed by atoms with Crippen LogP contribution >= 0.6 is 0 Å². The summed E-state index contributed by atoms with van der Waals surface area (Å²) in [5, 5.41) is 1.84. The zero-order chi connectivity index (χ0) is 21.0. The minimum absolute atomic E-state index is 0.0480. The second-order valence-electron chi connectivity index (χ2n) is 7.14. The van der Waals surface area contributed by atoms with Crippen molar-refractivity contribution in [1.29, 1.82) is 0 Å². The number of hydrogen-bond acceptors (Lipinski definition) is 4. The van der Waals surface area contributed by atoms with E-state index >= 15 is 0 Å². The summed E-state index contributed by atoms with van der Waals surface area (Å²) in [5.41, 5.74) is 4.00. The van der Waals surface area contributed by atoms with Gasteiger partial charge in [0.05, 0.1) is 4.90 Å². The Hall–Kier alpha value is -2.99. The first-order chi connectivity index (χ1) is 13.8. The van der Waals surface area contributed by atoms with E-state index in [0.717, 1.165) is 16.7 Å². The number of amides is 1. The first-order valence-corrected chi connectivity index (χ1v) is 10.9. The Balaban J connectivity index is 1.91. The number of nitrogens with zero attached hydrogens (tertiary/aromatic N) is 1. The predicted octanol–water partition coefficient (Wildman–Crippen LogP) is 3.95. The van der Waals surface area contributed by atoms with Crippen LogP contribution in [0.1, 0.15) is 37.9 Å². The van der Waals surface area contributed by atoms with Crippen LogP contribution in [0.4, 0.5) is 0 Å². The summed E-state index contributed by atoms with van der Waals surface area (Å²) in [6.07, 6.45) is 3.12. The van der Waals surface area contributed by atoms with E-state index in [-0.39, 0.29) is 17.3 Å². The minimum atomic E-state index is -3.73. The highest BCUT2D eigenvalue weighted by atomic mass is 32.2. The second kappa shape index (κ2) is 8.57. The molecule has 0 spiro atoms. The average molecular weight is 409 g/mol. The van der Waals surface area contributed by atoms with Crippen LogP contribution in [-0.4, -0.2) is 25.9 Å². The van der Waals surface area contributed by atoms with E-state index in [1.54, 1.807) is 48.7 Å². The molecule has 0 bridgehead atoms. The molecular formula is C23H24N2O3S. The van der Waals surface area contributed by atoms with Gasteiger partial charge in [-0.25, -0.2) is 8.42 Å². The summed E-state index contributed by atoms with van der Waals surface area (Å²) in [5.74, 6) is -0.311. The fourth-order valence-electron chi connectivity index (χ4n) is 3.02. The van der Waals surface area contributed by atoms with Crippen LogP contribution in [-0.2, 0) is 9.84 Å². The number of benzene rings is 2. The molecule has 1 heterocycles. The summed E-state index contributed by atoms with van der Waals surface area (Å²) in [6.45, 7) is 5.71. The van der Waals surface area contributed by atoms with Crippen molar-refractivity contribution in [3.8, 4) is 0 Å². The molecule has 1 atom stereocenters. The molecule has 0 radical (unpaired) electrons. The molecule has 5 nitrogen and oxygen atoms in total. The molecule has 0 aliphatic carbocycles. The Labute approximate surface area is 171 Å². The van der Waals surface area contributed by atoms with Gasteiger partial charge in [0.2, 0.25) is 0 Å². The van der Waals surface area contributed by atoms with Gasteiger partial charge < -0.3 is 5.32 Å². The van der Waals surface area contributed by atoms with Gasteiger partial charge in [0.1, 0.15) is 5.25 Å². The zero-order valence-electron chi connectivity index (χ0n) is 16.7. The van der Waals surface area contributed by atoms with Gasteiger partial charge >= 0.3 is 0 Å². The zero-order valence-corrected chi connectivity index (χ0v) is 17.5. The maximum Gasteiger partial charge on any atom is 0.251 e. The Morgan fingerprint density at radius 1 is 1.00 bits per heavy atom. The van der Waals surface area contributed by atoms with Gasteiger partial charge in [-0.2, -0.15) is 0 Å². The normalized spacial score (nSPS) is 12.4. The number of sulfone groups is 1. The number of nitrogens with one attached hydrogen (secondary N) is 1. The molecule has 0 saturated carbocycles. The Morgan fingerprint density at radius 2 is 1.72 bits per heavy atom. The number of rotatable bonds is 6. The van der Waals surface area contributed by atoms with Gasteiger partial charge in [0.15, 0.2) is 9.84 Å². The van der Waals surface area contributed by atoms with Crippen molar-refractivity contribution in [2.45, 2.75) is 30.9 Å². The molecule has 0 fully saturated rings. The SMILES string of the molecule is Cc1ccc(C(=O)NC[C@H](c2cccnc2)S(=O)(=O)c2ccc(C)c(C)c2)cc1. The van der Waals surface area contributed by atoms with Crippen LogP contribution < -0.4 is 5.32 Å². The van der Waals surface area contributed by atoms with Crippen LogP contribution in [0.5, 0.6) is 0 Å². The molecule has 0 aliphatic rings. The van der Waals surface area contributed by atoms with Gasteiger partial charge in [-0.05, 0) is 67.8 Å². The molecule has 6 heteroatoms. The summed E-state index contributed by atoms with van der Waals surface area (Å²) >= 11 is 0. The third kappa shape index (κ3) is 4.71. The van der Waals surface area contributed by atoms with E-state index in [0.29, 0.717) is 11.1 Å². The van der Waals surface area contributed by atoms with Crippen LogP contribution in [0.25, 0.3) is 0 Å². The van der Waals surface area contributed by atoms with Crippen LogP contribution in [0.2, 0.25) is 0 Å². The van der Waals surface area contributed by atoms with Gasteiger partial charge in [0.25, 0.3) is 5.91 Å². The average Bonchev–Trinajstić information content (AvgIpc) is 2.71. The first-order valence-electron chi connectivity index (χ1n) is 9.35. The molecule has 2 aromatic carbocycles. The van der Waals surface area contributed by atoms with Crippen molar-refractivity contribution >= 4 is 15.7 Å². The van der Waals surface area contributed by atoms with E-state index in [4.69, 9.17) is 0 Å². The van der Waals surface area contributed by atoms with Crippen LogP contribution in [0.3, 0.4) is 0 Å². The van der Waals surface area contributed by atoms with Crippen molar-refractivity contribution in [2.24, 2.45) is 0 Å². The third-order valence-electron chi connectivity index (χ3n) is 5.00. The van der Waals surface area contributed by atoms with E-state index in [9.17, 15) is 13.2 Å². The quantitative estimate of drug-likeness (QED) is 0.670. The lowest BCUT2D eigenvalue weighted by Crippen LogP contribution is -2.32. The number of hydrogen-bond donors (Lipinski definition) is 1. The third-order valence-corrected chi connectivity index (χ3v) is 7.10. The van der Waals surface area contributed by atoms with Crippen molar-refractivity contribution < 1.29 is 13.2 Å². The standard InChI is InChI=1S/C23H24N2O3S/c1-16-6-9-19(10-7-16)23(26)25-15-22(20-5-4-12-24-14-20)29(27,28)21-11-8-17(2)18(3)13-21/h4-14,22H,15H2,1-3H3,(H,25,26)/t22-/m1/s1. The molecule has 1 aromatic heterocycles. The number of carbonyl (C=O) groups is 1. The molecular weight excluding hydrogens is 384 g/mol. The van der Waals surface area contributed by atoms with Crippen molar-refractivity contribution in [2.75, 3.05) is 6.54 Å². The lowest BCUT2D eigenvalue weighted by Gasteiger charge is -2.19. The molecule has 150 valence electrons. The van der Waals surface area contributed by atoms with Crippen molar-refractivity contribution in [3.63, 3.8) is 0 Å². The van der Waals surface area contributed by atoms with Crippen molar-refractivity contribution in [3.05, 3.63) is 94.8 Å². The highest BCUT2D eigenvalue weighted by molar-refractivity contribution is 7.91. The van der Waals surface area contributed by atoms with Gasteiger partial charge in [-0.15, -0.1) is 0 Å². The smallest absolute Gasteiger partial charge is 0.251 e. The molecule has 0 unspecified atom stereocenters. The highest BCUT2D eigenvalue weighted by Gasteiger charge is 2.30. The molecule has 1 amide bonds. The Kier molecular flexibility index (Phi) is 6.13. The monoisotopic (exact) mass is 408 g/mol. The van der Waals surface area contributed by atoms with Crippen LogP contribution in [0.15, 0.2) is 71.9 Å². The number of carbonyl (C=O) groups excluding carboxylic acids is 1. The predicted molar refractivity (Wildman–Crippen MR) is 114 cm³/mol. The summed E-state index contributed by atoms with van der Waals surface area (Å²) in [7, 11) is -3.73. The number of pyridine rings is 1. The van der Waals surface area contributed by atoms with E-state index in [1.807, 2.05) is 32.9 Å². The minimum Gasteiger partial charge on any atom is -0.350 e. The molecule has 0 aliphatic heterocycles. The van der Waals surface area contributed by atoms with Gasteiger partial charge in [-0.1, -0.05) is 29.8 Å². The largest absolute Gasteiger partial charge is 0.350 e. The topological polar surface area (TPSA) is 76.1 Å². The molecule has 1 N–H and O–H groups in total. The maximum atomic E-state index is 13.4. The lowest BCUT2D eigenvalue weighted by molar-refractivity contribution is 0.0953. The Bertz CT molecular complexity index is 1110. The first kappa shape index (κ1) is 20.7. The van der Waals surface area contributed by atoms with Gasteiger partial charge in [-0.3, -0.25) is 9.78 Å². The lowest BCUT2D eigenvalue weighted by atomic mass is 10.1. The van der Waals surface area contributed by atoms with E-state index < -0.39 is 15.1 Å². The highest BCUT2D eigenvalue weighted by Crippen LogP contribution is 2.29. The van der Waals surface area contributed by atoms with Crippen molar-refractivity contribution in [1.82, 2.24) is 10.3 Å². The van der Waals surface area contributed by atoms with E-state index in [1.165, 1.54) is 6.20 Å². The van der Waals surface area contributed by atoms with Gasteiger partial charge in [0, 0.05) is 24.5 Å². The maximum absolute atomic E-state index is 13.4. The summed E-state index contributed by atoms with van der Waals surface area (Å²) in [4.78, 5) is 16.8. The molecule has 3 aromatic rings. The molecule has 29 heavy (non-hydrogen) atoms. The van der Waals surface area contributed by atoms with Crippen LogP contribution in [0, 0.1) is 20.8 Å². The fourth-order valence-corrected chi connectivity index (χ4v) is 4.75. The second-order valence-corrected chi connectivity index (χ2v) is 9.27. The summed E-state index contributed by atoms with van der Waals surface area (Å²) in [6, 6.07) is 15.6. The Morgan fingerprint density at radius 3 is 2.34 bits per heavy atom. The fraction of sp³-hybridized carbons (Fsp3) is 0.217. The summed E-state index contributed by atoms with van der Waals surface area (Å²) < 4.78 is 26.8. The number of aromatic nitrogens is 1. The molecule has 0 saturated heterocycles. The number of aryl methyl sites for hydroxylation is 3. The van der Waals surface area contributed by atoms with E-state index in [2.05, 4.69) is 10.3 Å². The molecule has 3 rings (SSSR count).